The topological polar surface area (TPSA) is 125 Å². The molecule has 1 N–H and O–H groups in total. The summed E-state index contributed by atoms with van der Waals surface area (Å²) < 4.78 is 37.0. The molecule has 2 aromatic rings. The summed E-state index contributed by atoms with van der Waals surface area (Å²) in [5.41, 5.74) is -0.183. The first kappa shape index (κ1) is 19.2. The summed E-state index contributed by atoms with van der Waals surface area (Å²) in [6.07, 6.45) is 0. The normalized spacial score (nSPS) is 10.8. The monoisotopic (exact) mass is 380 g/mol. The van der Waals surface area contributed by atoms with E-state index in [0.29, 0.717) is 0 Å². The number of carbonyl (C=O) groups excluding carboxylic acids is 1. The van der Waals surface area contributed by atoms with Crippen LogP contribution in [0.3, 0.4) is 0 Å². The fourth-order valence-corrected chi connectivity index (χ4v) is 3.19. The van der Waals surface area contributed by atoms with E-state index in [9.17, 15) is 23.3 Å². The predicted octanol–water partition coefficient (Wildman–Crippen LogP) is 2.58. The van der Waals surface area contributed by atoms with E-state index in [4.69, 9.17) is 9.47 Å². The Morgan fingerprint density at radius 1 is 1.23 bits per heavy atom. The fourth-order valence-electron chi connectivity index (χ4n) is 2.12. The molecule has 0 saturated heterocycles. The van der Waals surface area contributed by atoms with Crippen LogP contribution in [0, 0.1) is 10.1 Å². The molecule has 0 bridgehead atoms. The third-order valence-corrected chi connectivity index (χ3v) is 4.66. The molecule has 0 aromatic heterocycles. The van der Waals surface area contributed by atoms with Gasteiger partial charge in [0.25, 0.3) is 10.0 Å². The van der Waals surface area contributed by atoms with Crippen molar-refractivity contribution in [1.82, 2.24) is 0 Å². The van der Waals surface area contributed by atoms with Crippen LogP contribution in [0.15, 0.2) is 47.4 Å². The number of anilines is 1. The molecule has 0 amide bonds. The van der Waals surface area contributed by atoms with E-state index in [2.05, 4.69) is 4.72 Å². The zero-order chi connectivity index (χ0) is 19.3. The molecule has 0 heterocycles. The lowest BCUT2D eigenvalue weighted by molar-refractivity contribution is -0.386. The Balaban J connectivity index is 2.35. The van der Waals surface area contributed by atoms with Crippen molar-refractivity contribution < 1.29 is 27.6 Å². The van der Waals surface area contributed by atoms with Crippen LogP contribution >= 0.6 is 0 Å². The lowest BCUT2D eigenvalue weighted by Crippen LogP contribution is -2.14. The minimum atomic E-state index is -4.11. The molecule has 26 heavy (non-hydrogen) atoms. The van der Waals surface area contributed by atoms with Crippen LogP contribution in [0.25, 0.3) is 0 Å². The van der Waals surface area contributed by atoms with Crippen molar-refractivity contribution in [3.05, 3.63) is 58.1 Å². The molecule has 10 heteroatoms. The van der Waals surface area contributed by atoms with Gasteiger partial charge in [0, 0.05) is 11.8 Å². The van der Waals surface area contributed by atoms with E-state index in [1.165, 1.54) is 43.5 Å². The van der Waals surface area contributed by atoms with Crippen LogP contribution in [0.4, 0.5) is 11.4 Å². The first-order chi connectivity index (χ1) is 12.3. The van der Waals surface area contributed by atoms with E-state index in [1.807, 2.05) is 0 Å². The number of nitro groups is 1. The maximum atomic E-state index is 12.5. The Morgan fingerprint density at radius 2 is 1.96 bits per heavy atom. The van der Waals surface area contributed by atoms with Gasteiger partial charge in [-0.2, -0.15) is 0 Å². The minimum Gasteiger partial charge on any atom is -0.490 e. The molecule has 0 aliphatic heterocycles. The smallest absolute Gasteiger partial charge is 0.338 e. The summed E-state index contributed by atoms with van der Waals surface area (Å²) in [7, 11) is -2.87. The highest BCUT2D eigenvalue weighted by atomic mass is 32.2. The highest BCUT2D eigenvalue weighted by Crippen LogP contribution is 2.30. The van der Waals surface area contributed by atoms with E-state index in [0.717, 1.165) is 6.07 Å². The molecular formula is C16H16N2O7S. The molecule has 0 fully saturated rings. The first-order valence-electron chi connectivity index (χ1n) is 7.41. The molecule has 0 radical (unpaired) electrons. The Bertz CT molecular complexity index is 941. The molecule has 0 saturated carbocycles. The van der Waals surface area contributed by atoms with Crippen LogP contribution < -0.4 is 9.46 Å². The van der Waals surface area contributed by atoms with Gasteiger partial charge < -0.3 is 9.47 Å². The van der Waals surface area contributed by atoms with Gasteiger partial charge in [-0.15, -0.1) is 0 Å². The number of hydrogen-bond donors (Lipinski definition) is 1. The van der Waals surface area contributed by atoms with Crippen LogP contribution in [0.5, 0.6) is 5.75 Å². The Labute approximate surface area is 149 Å². The zero-order valence-electron chi connectivity index (χ0n) is 14.0. The van der Waals surface area contributed by atoms with Gasteiger partial charge in [-0.05, 0) is 37.3 Å². The number of sulfonamides is 1. The molecule has 138 valence electrons. The van der Waals surface area contributed by atoms with E-state index < -0.39 is 26.6 Å². The molecule has 0 aliphatic carbocycles. The summed E-state index contributed by atoms with van der Waals surface area (Å²) in [4.78, 5) is 21.7. The Kier molecular flexibility index (Phi) is 5.78. The van der Waals surface area contributed by atoms with Gasteiger partial charge in [0.1, 0.15) is 0 Å². The Hall–Kier alpha value is -3.14. The molecule has 2 aromatic carbocycles. The molecular weight excluding hydrogens is 364 g/mol. The summed E-state index contributed by atoms with van der Waals surface area (Å²) in [5.74, 6) is -0.646. The summed E-state index contributed by atoms with van der Waals surface area (Å²) in [5, 5.41) is 11.1. The van der Waals surface area contributed by atoms with Crippen molar-refractivity contribution in [3.8, 4) is 5.75 Å². The number of methoxy groups -OCH3 is 1. The molecule has 0 unspecified atom stereocenters. The number of ether oxygens (including phenoxy) is 2. The first-order valence-corrected chi connectivity index (χ1v) is 8.89. The van der Waals surface area contributed by atoms with Gasteiger partial charge in [-0.1, -0.05) is 6.07 Å². The van der Waals surface area contributed by atoms with E-state index >= 15 is 0 Å². The highest BCUT2D eigenvalue weighted by molar-refractivity contribution is 7.92. The maximum Gasteiger partial charge on any atom is 0.338 e. The number of nitrogens with zero attached hydrogens (tertiary/aromatic N) is 1. The second kappa shape index (κ2) is 7.83. The molecule has 0 atom stereocenters. The number of nitro benzene ring substituents is 1. The summed E-state index contributed by atoms with van der Waals surface area (Å²) in [6.45, 7) is 1.84. The van der Waals surface area contributed by atoms with Crippen molar-refractivity contribution in [1.29, 1.82) is 0 Å². The quantitative estimate of drug-likeness (QED) is 0.444. The Morgan fingerprint density at radius 3 is 2.58 bits per heavy atom. The number of nitrogens with one attached hydrogen (secondary N) is 1. The average molecular weight is 380 g/mol. The van der Waals surface area contributed by atoms with Gasteiger partial charge >= 0.3 is 11.7 Å². The zero-order valence-corrected chi connectivity index (χ0v) is 14.8. The van der Waals surface area contributed by atoms with Crippen LogP contribution in [0.1, 0.15) is 17.3 Å². The van der Waals surface area contributed by atoms with Crippen molar-refractivity contribution >= 4 is 27.4 Å². The maximum absolute atomic E-state index is 12.5. The third-order valence-electron chi connectivity index (χ3n) is 3.28. The average Bonchev–Trinajstić information content (AvgIpc) is 2.61. The van der Waals surface area contributed by atoms with Crippen molar-refractivity contribution in [3.63, 3.8) is 0 Å². The van der Waals surface area contributed by atoms with E-state index in [1.54, 1.807) is 6.92 Å². The summed E-state index contributed by atoms with van der Waals surface area (Å²) >= 11 is 0. The number of esters is 1. The minimum absolute atomic E-state index is 0.0572. The van der Waals surface area contributed by atoms with Crippen molar-refractivity contribution in [2.75, 3.05) is 18.4 Å². The lowest BCUT2D eigenvalue weighted by Gasteiger charge is -2.10. The number of rotatable bonds is 7. The van der Waals surface area contributed by atoms with Gasteiger partial charge in [-0.25, -0.2) is 13.2 Å². The largest absolute Gasteiger partial charge is 0.490 e. The summed E-state index contributed by atoms with van der Waals surface area (Å²) in [6, 6.07) is 9.00. The predicted molar refractivity (Wildman–Crippen MR) is 92.9 cm³/mol. The van der Waals surface area contributed by atoms with Crippen LogP contribution in [-0.2, 0) is 14.8 Å². The molecule has 0 spiro atoms. The van der Waals surface area contributed by atoms with Gasteiger partial charge in [0.05, 0.1) is 29.1 Å². The fraction of sp³-hybridized carbons (Fsp3) is 0.188. The number of benzene rings is 2. The second-order valence-electron chi connectivity index (χ2n) is 5.00. The standard InChI is InChI=1S/C16H16N2O7S/c1-3-25-16(19)11-5-4-6-12(9-11)17-26(22,23)13-7-8-15(24-2)14(10-13)18(20)21/h4-10,17H,3H2,1-2H3. The van der Waals surface area contributed by atoms with Gasteiger partial charge in [0.15, 0.2) is 5.75 Å². The molecule has 0 aliphatic rings. The van der Waals surface area contributed by atoms with E-state index in [-0.39, 0.29) is 28.5 Å². The highest BCUT2D eigenvalue weighted by Gasteiger charge is 2.22. The lowest BCUT2D eigenvalue weighted by atomic mass is 10.2. The number of carbonyl (C=O) groups is 1. The SMILES string of the molecule is CCOC(=O)c1cccc(NS(=O)(=O)c2ccc(OC)c([N+](=O)[O-])c2)c1. The second-order valence-corrected chi connectivity index (χ2v) is 6.68. The van der Waals surface area contributed by atoms with Crippen molar-refractivity contribution in [2.45, 2.75) is 11.8 Å². The molecule has 2 rings (SSSR count). The van der Waals surface area contributed by atoms with Crippen molar-refractivity contribution in [2.24, 2.45) is 0 Å². The number of hydrogen-bond acceptors (Lipinski definition) is 7. The van der Waals surface area contributed by atoms with Gasteiger partial charge in [-0.3, -0.25) is 14.8 Å². The third kappa shape index (κ3) is 4.28. The molecule has 9 nitrogen and oxygen atoms in total. The van der Waals surface area contributed by atoms with Crippen LogP contribution in [-0.4, -0.2) is 33.0 Å². The van der Waals surface area contributed by atoms with Gasteiger partial charge in [0.2, 0.25) is 0 Å². The van der Waals surface area contributed by atoms with Crippen LogP contribution in [0.2, 0.25) is 0 Å².